The first-order valence-electron chi connectivity index (χ1n) is 4.61. The van der Waals surface area contributed by atoms with Gasteiger partial charge in [-0.15, -0.1) is 0 Å². The van der Waals surface area contributed by atoms with Crippen LogP contribution in [0.15, 0.2) is 16.6 Å². The van der Waals surface area contributed by atoms with Crippen LogP contribution in [0.25, 0.3) is 0 Å². The first-order chi connectivity index (χ1) is 7.45. The molecule has 16 heavy (non-hydrogen) atoms. The van der Waals surface area contributed by atoms with Gasteiger partial charge in [-0.05, 0) is 24.6 Å². The number of methoxy groups -OCH3 is 1. The Kier molecular flexibility index (Phi) is 4.06. The number of esters is 1. The molecular formula is C11H12BrNO3. The smallest absolute Gasteiger partial charge is 0.338 e. The van der Waals surface area contributed by atoms with Crippen LogP contribution in [-0.2, 0) is 9.53 Å². The normalized spacial score (nSPS) is 9.75. The van der Waals surface area contributed by atoms with Gasteiger partial charge in [0.25, 0.3) is 0 Å². The molecule has 1 rings (SSSR count). The van der Waals surface area contributed by atoms with Crippen molar-refractivity contribution in [1.29, 1.82) is 0 Å². The number of anilines is 1. The summed E-state index contributed by atoms with van der Waals surface area (Å²) >= 11 is 3.28. The lowest BCUT2D eigenvalue weighted by Crippen LogP contribution is -2.11. The van der Waals surface area contributed by atoms with E-state index in [1.54, 1.807) is 19.1 Å². The maximum absolute atomic E-state index is 11.5. The molecule has 1 amide bonds. The standard InChI is InChI=1S/C11H12BrNO3/c1-6-9(11(15)16-3)4-8(12)5-10(6)13-7(2)14/h4-5H,1-3H3,(H,13,14). The summed E-state index contributed by atoms with van der Waals surface area (Å²) in [5, 5.41) is 2.66. The number of amides is 1. The third-order valence-corrected chi connectivity index (χ3v) is 2.55. The maximum Gasteiger partial charge on any atom is 0.338 e. The van der Waals surface area contributed by atoms with E-state index < -0.39 is 5.97 Å². The molecule has 0 saturated carbocycles. The second-order valence-electron chi connectivity index (χ2n) is 3.30. The third-order valence-electron chi connectivity index (χ3n) is 2.09. The average Bonchev–Trinajstić information content (AvgIpc) is 2.21. The fourth-order valence-electron chi connectivity index (χ4n) is 1.32. The summed E-state index contributed by atoms with van der Waals surface area (Å²) in [4.78, 5) is 22.5. The summed E-state index contributed by atoms with van der Waals surface area (Å²) in [6, 6.07) is 3.40. The molecule has 0 aliphatic heterocycles. The van der Waals surface area contributed by atoms with E-state index in [2.05, 4.69) is 26.0 Å². The van der Waals surface area contributed by atoms with Gasteiger partial charge < -0.3 is 10.1 Å². The zero-order valence-corrected chi connectivity index (χ0v) is 10.8. The Morgan fingerprint density at radius 3 is 2.50 bits per heavy atom. The van der Waals surface area contributed by atoms with E-state index in [9.17, 15) is 9.59 Å². The summed E-state index contributed by atoms with van der Waals surface area (Å²) in [5.74, 6) is -0.609. The lowest BCUT2D eigenvalue weighted by atomic mass is 10.1. The molecule has 86 valence electrons. The van der Waals surface area contributed by atoms with Gasteiger partial charge in [0.15, 0.2) is 0 Å². The van der Waals surface area contributed by atoms with Gasteiger partial charge >= 0.3 is 5.97 Å². The number of hydrogen-bond acceptors (Lipinski definition) is 3. The highest BCUT2D eigenvalue weighted by molar-refractivity contribution is 9.10. The molecule has 1 aromatic carbocycles. The number of benzene rings is 1. The van der Waals surface area contributed by atoms with Crippen LogP contribution < -0.4 is 5.32 Å². The largest absolute Gasteiger partial charge is 0.465 e. The van der Waals surface area contributed by atoms with Gasteiger partial charge in [0.2, 0.25) is 5.91 Å². The van der Waals surface area contributed by atoms with Crippen molar-refractivity contribution in [3.63, 3.8) is 0 Å². The second-order valence-corrected chi connectivity index (χ2v) is 4.21. The summed E-state index contributed by atoms with van der Waals surface area (Å²) in [5.41, 5.74) is 1.72. The molecule has 0 bridgehead atoms. The molecule has 0 unspecified atom stereocenters. The summed E-state index contributed by atoms with van der Waals surface area (Å²) in [7, 11) is 1.32. The molecule has 0 aromatic heterocycles. The van der Waals surface area contributed by atoms with Crippen molar-refractivity contribution in [2.45, 2.75) is 13.8 Å². The molecule has 4 nitrogen and oxygen atoms in total. The topological polar surface area (TPSA) is 55.4 Å². The van der Waals surface area contributed by atoms with Crippen LogP contribution in [0.3, 0.4) is 0 Å². The van der Waals surface area contributed by atoms with E-state index in [0.29, 0.717) is 21.3 Å². The van der Waals surface area contributed by atoms with E-state index in [1.807, 2.05) is 0 Å². The minimum absolute atomic E-state index is 0.183. The van der Waals surface area contributed by atoms with E-state index >= 15 is 0 Å². The van der Waals surface area contributed by atoms with Crippen molar-refractivity contribution < 1.29 is 14.3 Å². The molecule has 0 fully saturated rings. The van der Waals surface area contributed by atoms with Crippen molar-refractivity contribution >= 4 is 33.5 Å². The highest BCUT2D eigenvalue weighted by Crippen LogP contribution is 2.25. The number of carbonyl (C=O) groups excluding carboxylic acids is 2. The predicted molar refractivity (Wildman–Crippen MR) is 64.5 cm³/mol. The van der Waals surface area contributed by atoms with E-state index in [4.69, 9.17) is 0 Å². The Morgan fingerprint density at radius 1 is 1.38 bits per heavy atom. The molecule has 0 radical (unpaired) electrons. The van der Waals surface area contributed by atoms with Crippen molar-refractivity contribution in [3.8, 4) is 0 Å². The van der Waals surface area contributed by atoms with E-state index in [1.165, 1.54) is 14.0 Å². The molecule has 0 spiro atoms. The van der Waals surface area contributed by atoms with Crippen molar-refractivity contribution in [1.82, 2.24) is 0 Å². The molecule has 1 N–H and O–H groups in total. The minimum Gasteiger partial charge on any atom is -0.465 e. The Labute approximate surface area is 102 Å². The third kappa shape index (κ3) is 2.82. The molecule has 0 saturated heterocycles. The quantitative estimate of drug-likeness (QED) is 0.850. The van der Waals surface area contributed by atoms with Crippen LogP contribution in [0.5, 0.6) is 0 Å². The predicted octanol–water partition coefficient (Wildman–Crippen LogP) is 2.50. The zero-order chi connectivity index (χ0) is 12.3. The Balaban J connectivity index is 3.25. The SMILES string of the molecule is COC(=O)c1cc(Br)cc(NC(C)=O)c1C. The number of nitrogens with one attached hydrogen (secondary N) is 1. The van der Waals surface area contributed by atoms with Gasteiger partial charge in [-0.3, -0.25) is 4.79 Å². The first kappa shape index (κ1) is 12.7. The van der Waals surface area contributed by atoms with Gasteiger partial charge in [0.1, 0.15) is 0 Å². The highest BCUT2D eigenvalue weighted by atomic mass is 79.9. The maximum atomic E-state index is 11.5. The number of carbonyl (C=O) groups is 2. The molecule has 0 aliphatic carbocycles. The zero-order valence-electron chi connectivity index (χ0n) is 9.26. The summed E-state index contributed by atoms with van der Waals surface area (Å²) < 4.78 is 5.37. The first-order valence-corrected chi connectivity index (χ1v) is 5.41. The van der Waals surface area contributed by atoms with E-state index in [-0.39, 0.29) is 5.91 Å². The fraction of sp³-hybridized carbons (Fsp3) is 0.273. The molecule has 5 heteroatoms. The summed E-state index contributed by atoms with van der Waals surface area (Å²) in [6.07, 6.45) is 0. The fourth-order valence-corrected chi connectivity index (χ4v) is 1.78. The number of halogens is 1. The second kappa shape index (κ2) is 5.12. The van der Waals surface area contributed by atoms with Crippen LogP contribution in [0.1, 0.15) is 22.8 Å². The Hall–Kier alpha value is -1.36. The van der Waals surface area contributed by atoms with Crippen molar-refractivity contribution in [2.24, 2.45) is 0 Å². The van der Waals surface area contributed by atoms with E-state index in [0.717, 1.165) is 0 Å². The van der Waals surface area contributed by atoms with Crippen LogP contribution >= 0.6 is 15.9 Å². The van der Waals surface area contributed by atoms with Crippen molar-refractivity contribution in [2.75, 3.05) is 12.4 Å². The average molecular weight is 286 g/mol. The lowest BCUT2D eigenvalue weighted by molar-refractivity contribution is -0.114. The molecule has 0 aliphatic rings. The molecule has 0 atom stereocenters. The van der Waals surface area contributed by atoms with Gasteiger partial charge in [0.05, 0.1) is 12.7 Å². The van der Waals surface area contributed by atoms with Crippen LogP contribution in [0.4, 0.5) is 5.69 Å². The van der Waals surface area contributed by atoms with Gasteiger partial charge in [-0.1, -0.05) is 15.9 Å². The molecule has 1 aromatic rings. The molecule has 0 heterocycles. The van der Waals surface area contributed by atoms with Gasteiger partial charge in [-0.2, -0.15) is 0 Å². The highest BCUT2D eigenvalue weighted by Gasteiger charge is 2.14. The molecular weight excluding hydrogens is 274 g/mol. The minimum atomic E-state index is -0.426. The van der Waals surface area contributed by atoms with Gasteiger partial charge in [0, 0.05) is 17.1 Å². The number of hydrogen-bond donors (Lipinski definition) is 1. The Bertz CT molecular complexity index is 443. The lowest BCUT2D eigenvalue weighted by Gasteiger charge is -2.11. The number of rotatable bonds is 2. The van der Waals surface area contributed by atoms with Crippen molar-refractivity contribution in [3.05, 3.63) is 27.7 Å². The summed E-state index contributed by atoms with van der Waals surface area (Å²) in [6.45, 7) is 3.17. The van der Waals surface area contributed by atoms with Crippen LogP contribution in [0.2, 0.25) is 0 Å². The number of ether oxygens (including phenoxy) is 1. The monoisotopic (exact) mass is 285 g/mol. The Morgan fingerprint density at radius 2 is 2.00 bits per heavy atom. The van der Waals surface area contributed by atoms with Crippen LogP contribution in [0, 0.1) is 6.92 Å². The van der Waals surface area contributed by atoms with Gasteiger partial charge in [-0.25, -0.2) is 4.79 Å². The van der Waals surface area contributed by atoms with Crippen LogP contribution in [-0.4, -0.2) is 19.0 Å².